The lowest BCUT2D eigenvalue weighted by atomic mass is 9.86. The Kier molecular flexibility index (Phi) is 18.9. The molecule has 0 N–H and O–H groups in total. The number of hydrogen-bond donors (Lipinski definition) is 0. The van der Waals surface area contributed by atoms with Crippen LogP contribution in [0.25, 0.3) is 67.7 Å². The fraction of sp³-hybridized carbons (Fsp3) is 0.207. The van der Waals surface area contributed by atoms with E-state index in [0.717, 1.165) is 113 Å². The Morgan fingerprint density at radius 2 is 0.773 bits per heavy atom. The van der Waals surface area contributed by atoms with Crippen molar-refractivity contribution in [2.24, 2.45) is 0 Å². The average Bonchev–Trinajstić information content (AvgIpc) is 0.789. The van der Waals surface area contributed by atoms with Gasteiger partial charge in [-0.1, -0.05) is 230 Å². The maximum atomic E-state index is 6.76. The first-order valence-corrected chi connectivity index (χ1v) is 34.1. The van der Waals surface area contributed by atoms with Gasteiger partial charge in [-0.3, -0.25) is 9.97 Å². The molecule has 1 atom stereocenters. The van der Waals surface area contributed by atoms with Crippen molar-refractivity contribution in [3.05, 3.63) is 318 Å². The number of hydrogen-bond acceptors (Lipinski definition) is 4. The van der Waals surface area contributed by atoms with E-state index in [1.54, 1.807) is 0 Å². The second-order valence-corrected chi connectivity index (χ2v) is 29.6. The molecule has 0 saturated carbocycles. The van der Waals surface area contributed by atoms with E-state index in [-0.39, 0.29) is 21.7 Å². The third-order valence-electron chi connectivity index (χ3n) is 18.8. The van der Waals surface area contributed by atoms with E-state index in [9.17, 15) is 0 Å². The summed E-state index contributed by atoms with van der Waals surface area (Å²) in [5, 5.41) is 0. The predicted molar refractivity (Wildman–Crippen MR) is 412 cm³/mol. The van der Waals surface area contributed by atoms with Gasteiger partial charge in [-0.15, -0.1) is 6.42 Å². The van der Waals surface area contributed by atoms with Crippen molar-refractivity contribution >= 4 is 45.8 Å². The number of nitrogens with zero attached hydrogens (tertiary/aromatic N) is 5. The van der Waals surface area contributed by atoms with Crippen molar-refractivity contribution in [2.75, 3.05) is 9.80 Å². The lowest BCUT2D eigenvalue weighted by molar-refractivity contribution is -0.690. The minimum absolute atomic E-state index is 0.0295. The fourth-order valence-electron chi connectivity index (χ4n) is 13.0. The van der Waals surface area contributed by atoms with Crippen molar-refractivity contribution in [1.82, 2.24) is 9.97 Å². The van der Waals surface area contributed by atoms with Gasteiger partial charge in [-0.25, -0.2) is 0 Å². The topological polar surface area (TPSA) is 36.1 Å². The molecule has 12 aromatic rings. The summed E-state index contributed by atoms with van der Waals surface area (Å²) in [6.45, 7) is 29.4. The van der Waals surface area contributed by atoms with Gasteiger partial charge in [-0.05, 0) is 210 Å². The summed E-state index contributed by atoms with van der Waals surface area (Å²) >= 11 is 0. The van der Waals surface area contributed by atoms with Crippen LogP contribution in [0, 0.1) is 12.3 Å². The highest BCUT2D eigenvalue weighted by molar-refractivity contribution is 5.94. The first kappa shape index (κ1) is 66.4. The summed E-state index contributed by atoms with van der Waals surface area (Å²) < 4.78 is 2.25. The number of terminal acetylenes is 1. The Morgan fingerprint density at radius 1 is 0.402 bits per heavy atom. The van der Waals surface area contributed by atoms with Crippen LogP contribution in [0.4, 0.5) is 34.1 Å². The van der Waals surface area contributed by atoms with Gasteiger partial charge in [0.15, 0.2) is 6.20 Å². The number of aromatic nitrogens is 3. The van der Waals surface area contributed by atoms with Crippen LogP contribution in [0.2, 0.25) is 0 Å². The Labute approximate surface area is 577 Å². The molecule has 0 spiro atoms. The zero-order valence-electron chi connectivity index (χ0n) is 58.7. The Balaban J connectivity index is 0.968. The Hall–Kier alpha value is -10.7. The first-order chi connectivity index (χ1) is 46.5. The average molecular weight is 1270 g/mol. The molecule has 12 rings (SSSR count). The first-order valence-electron chi connectivity index (χ1n) is 34.1. The highest BCUT2D eigenvalue weighted by Gasteiger charge is 2.29. The van der Waals surface area contributed by atoms with Crippen LogP contribution in [0.15, 0.2) is 279 Å². The summed E-state index contributed by atoms with van der Waals surface area (Å²) in [5.41, 5.74) is 26.5. The summed E-state index contributed by atoms with van der Waals surface area (Å²) in [7, 11) is 0. The molecule has 0 aliphatic heterocycles. The van der Waals surface area contributed by atoms with E-state index in [1.807, 2.05) is 30.6 Å². The lowest BCUT2D eigenvalue weighted by Gasteiger charge is -2.28. The molecule has 9 aromatic carbocycles. The molecule has 0 bridgehead atoms. The third kappa shape index (κ3) is 14.6. The van der Waals surface area contributed by atoms with Crippen molar-refractivity contribution in [2.45, 2.75) is 124 Å². The molecule has 0 aliphatic carbocycles. The largest absolute Gasteiger partial charge is 0.311 e. The monoisotopic (exact) mass is 1260 g/mol. The zero-order chi connectivity index (χ0) is 68.2. The van der Waals surface area contributed by atoms with Crippen LogP contribution in [0.5, 0.6) is 0 Å². The molecule has 0 amide bonds. The normalized spacial score (nSPS) is 12.4. The summed E-state index contributed by atoms with van der Waals surface area (Å²) in [5.74, 6) is 3.25. The molecule has 5 nitrogen and oxygen atoms in total. The van der Waals surface area contributed by atoms with Gasteiger partial charge in [0, 0.05) is 75.3 Å². The second-order valence-electron chi connectivity index (χ2n) is 29.6. The van der Waals surface area contributed by atoms with Crippen LogP contribution >= 0.6 is 0 Å². The Bertz CT molecular complexity index is 4650. The minimum Gasteiger partial charge on any atom is -0.311 e. The molecule has 97 heavy (non-hydrogen) atoms. The summed E-state index contributed by atoms with van der Waals surface area (Å²) in [6.07, 6.45) is 15.7. The highest BCUT2D eigenvalue weighted by atomic mass is 15.1. The molecular formula is C92H90N5+. The summed E-state index contributed by atoms with van der Waals surface area (Å²) in [4.78, 5) is 14.6. The lowest BCUT2D eigenvalue weighted by Crippen LogP contribution is -2.41. The van der Waals surface area contributed by atoms with Crippen LogP contribution < -0.4 is 14.4 Å². The second kappa shape index (κ2) is 27.6. The number of benzene rings is 9. The zero-order valence-corrected chi connectivity index (χ0v) is 58.7. The summed E-state index contributed by atoms with van der Waals surface area (Å²) in [6, 6.07) is 94.5. The smallest absolute Gasteiger partial charge is 0.245 e. The van der Waals surface area contributed by atoms with Gasteiger partial charge in [0.2, 0.25) is 11.7 Å². The van der Waals surface area contributed by atoms with Crippen molar-refractivity contribution in [3.8, 4) is 68.4 Å². The van der Waals surface area contributed by atoms with Crippen molar-refractivity contribution in [3.63, 3.8) is 0 Å². The van der Waals surface area contributed by atoms with E-state index < -0.39 is 6.04 Å². The van der Waals surface area contributed by atoms with Crippen LogP contribution in [-0.4, -0.2) is 9.97 Å². The molecule has 3 heterocycles. The van der Waals surface area contributed by atoms with Gasteiger partial charge >= 0.3 is 0 Å². The molecule has 482 valence electrons. The Morgan fingerprint density at radius 3 is 1.18 bits per heavy atom. The standard InChI is InChI=1S/C92H90N5/c1-15-64(80-57-36-68(63-84(80)86-28-20-23-59-94-86)66-34-47-75(48-35-66)97(78-53-41-72(42-54-78)91(9,10)11)79-55-43-73(44-56-79)92(12,13)14)61-69-31-30-67(62-83(69)88-29-21-24-60-95(88)87(16-2)82-26-18-17-25-81(82)85-27-19-22-58-93-85)65-32-45-74(46-33-65)96(76-49-37-70(38-50-76)89(3,4)5)77-51-39-71(40-52-77)90(6,7)8/h2,17-63,87H,15H2,1,3-14H3/q+1. The number of pyridine rings is 3. The quantitative estimate of drug-likeness (QED) is 0.0549. The SMILES string of the molecule is C#CC(c1ccccc1-c1ccccn1)[n+]1ccccc1-c1cc(-c2ccc(N(c3ccc(C(C)(C)C)cc3)c3ccc(C(C)(C)C)cc3)cc2)ccc1C=C(CC)c1ccc(-c2ccc(N(c3ccc(C(C)(C)C)cc3)c3ccc(C(C)(C)C)cc3)cc2)cc1-c1ccccn1. The molecule has 1 unspecified atom stereocenters. The van der Waals surface area contributed by atoms with Gasteiger partial charge in [0.25, 0.3) is 0 Å². The maximum Gasteiger partial charge on any atom is 0.245 e. The molecule has 0 aliphatic rings. The van der Waals surface area contributed by atoms with Gasteiger partial charge < -0.3 is 9.80 Å². The van der Waals surface area contributed by atoms with E-state index >= 15 is 0 Å². The van der Waals surface area contributed by atoms with Crippen LogP contribution in [-0.2, 0) is 21.7 Å². The van der Waals surface area contributed by atoms with Crippen molar-refractivity contribution < 1.29 is 4.57 Å². The molecular weight excluding hydrogens is 1180 g/mol. The maximum absolute atomic E-state index is 6.76. The van der Waals surface area contributed by atoms with Crippen LogP contribution in [0.3, 0.4) is 0 Å². The molecule has 3 aromatic heterocycles. The van der Waals surface area contributed by atoms with E-state index in [4.69, 9.17) is 16.4 Å². The predicted octanol–water partition coefficient (Wildman–Crippen LogP) is 24.4. The van der Waals surface area contributed by atoms with Gasteiger partial charge in [-0.2, -0.15) is 4.57 Å². The third-order valence-corrected chi connectivity index (χ3v) is 18.8. The van der Waals surface area contributed by atoms with E-state index in [2.05, 4.69) is 365 Å². The highest BCUT2D eigenvalue weighted by Crippen LogP contribution is 2.43. The fourth-order valence-corrected chi connectivity index (χ4v) is 13.0. The molecule has 5 heteroatoms. The van der Waals surface area contributed by atoms with Gasteiger partial charge in [0.05, 0.1) is 17.0 Å². The van der Waals surface area contributed by atoms with Crippen molar-refractivity contribution in [1.29, 1.82) is 0 Å². The van der Waals surface area contributed by atoms with E-state index in [1.165, 1.54) is 27.8 Å². The minimum atomic E-state index is -0.471. The molecule has 0 fully saturated rings. The molecule has 0 saturated heterocycles. The van der Waals surface area contributed by atoms with E-state index in [0.29, 0.717) is 0 Å². The number of allylic oxidation sites excluding steroid dienone is 1. The van der Waals surface area contributed by atoms with Crippen LogP contribution in [0.1, 0.15) is 141 Å². The number of anilines is 6. The molecule has 0 radical (unpaired) electrons. The number of rotatable bonds is 16. The van der Waals surface area contributed by atoms with Gasteiger partial charge in [0.1, 0.15) is 0 Å².